The van der Waals surface area contributed by atoms with Crippen molar-refractivity contribution in [3.8, 4) is 0 Å². The Morgan fingerprint density at radius 2 is 1.04 bits per heavy atom. The Hall–Kier alpha value is -2.80. The highest BCUT2D eigenvalue weighted by Crippen LogP contribution is 2.37. The second-order valence-corrected chi connectivity index (χ2v) is 9.27. The van der Waals surface area contributed by atoms with Crippen LogP contribution in [-0.4, -0.2) is 0 Å². The van der Waals surface area contributed by atoms with Crippen LogP contribution in [0.5, 0.6) is 0 Å². The third kappa shape index (κ3) is 3.38. The molecule has 4 rings (SSSR count). The molecule has 142 valence electrons. The monoisotopic (exact) mass is 367 g/mol. The van der Waals surface area contributed by atoms with E-state index in [9.17, 15) is 0 Å². The maximum Gasteiger partial charge on any atom is 0.0569 e. The van der Waals surface area contributed by atoms with Crippen molar-refractivity contribution in [3.05, 3.63) is 90.0 Å². The summed E-state index contributed by atoms with van der Waals surface area (Å²) in [5.41, 5.74) is 3.84. The van der Waals surface area contributed by atoms with Crippen LogP contribution < -0.4 is 5.32 Å². The summed E-state index contributed by atoms with van der Waals surface area (Å²) in [7, 11) is 0. The largest absolute Gasteiger partial charge is 0.375 e. The van der Waals surface area contributed by atoms with Crippen molar-refractivity contribution in [1.82, 2.24) is 0 Å². The molecule has 0 saturated carbocycles. The minimum absolute atomic E-state index is 0.169. The first-order valence-corrected chi connectivity index (χ1v) is 10.1. The molecule has 0 aliphatic rings. The molecule has 0 unspecified atom stereocenters. The number of benzene rings is 4. The lowest BCUT2D eigenvalue weighted by atomic mass is 9.84. The number of nitrogens with one attached hydrogen (secondary N) is 1. The maximum atomic E-state index is 3.88. The van der Waals surface area contributed by atoms with E-state index >= 15 is 0 Å². The van der Waals surface area contributed by atoms with Crippen LogP contribution in [0, 0.1) is 0 Å². The fourth-order valence-corrected chi connectivity index (χ4v) is 3.92. The number of anilines is 1. The van der Waals surface area contributed by atoms with Gasteiger partial charge in [-0.2, -0.15) is 0 Å². The summed E-state index contributed by atoms with van der Waals surface area (Å²) in [6, 6.07) is 28.6. The molecule has 1 N–H and O–H groups in total. The molecule has 0 fully saturated rings. The zero-order valence-corrected chi connectivity index (χ0v) is 17.5. The lowest BCUT2D eigenvalue weighted by Gasteiger charge is -2.31. The summed E-state index contributed by atoms with van der Waals surface area (Å²) in [6.07, 6.45) is 0. The number of rotatable bonds is 3. The van der Waals surface area contributed by atoms with Gasteiger partial charge in [0.05, 0.1) is 11.2 Å². The highest BCUT2D eigenvalue weighted by molar-refractivity contribution is 6.11. The molecular formula is C27H29N. The van der Waals surface area contributed by atoms with Gasteiger partial charge in [-0.3, -0.25) is 0 Å². The molecule has 0 aliphatic heterocycles. The topological polar surface area (TPSA) is 12.0 Å². The Morgan fingerprint density at radius 1 is 0.571 bits per heavy atom. The van der Waals surface area contributed by atoms with Gasteiger partial charge in [-0.25, -0.2) is 0 Å². The van der Waals surface area contributed by atoms with Crippen molar-refractivity contribution in [2.75, 3.05) is 5.32 Å². The molecule has 0 heterocycles. The standard InChI is InChI=1S/C27H29N/c1-26(2,3)21-14-16-22(17-15-21)27(4,5)28-25-23-12-8-6-10-19(23)18-20-11-7-9-13-24(20)25/h6-18,28H,1-5H3. The van der Waals surface area contributed by atoms with E-state index in [0.29, 0.717) is 0 Å². The van der Waals surface area contributed by atoms with Crippen molar-refractivity contribution < 1.29 is 0 Å². The highest BCUT2D eigenvalue weighted by atomic mass is 15.0. The Kier molecular flexibility index (Phi) is 4.42. The molecule has 0 atom stereocenters. The van der Waals surface area contributed by atoms with E-state index < -0.39 is 0 Å². The lowest BCUT2D eigenvalue weighted by molar-refractivity contribution is 0.584. The lowest BCUT2D eigenvalue weighted by Crippen LogP contribution is -2.28. The van der Waals surface area contributed by atoms with E-state index in [4.69, 9.17) is 0 Å². The van der Waals surface area contributed by atoms with Crippen molar-refractivity contribution in [2.45, 2.75) is 45.6 Å². The van der Waals surface area contributed by atoms with Crippen LogP contribution in [-0.2, 0) is 11.0 Å². The van der Waals surface area contributed by atoms with Gasteiger partial charge in [0.15, 0.2) is 0 Å². The van der Waals surface area contributed by atoms with Crippen molar-refractivity contribution >= 4 is 27.2 Å². The second kappa shape index (κ2) is 6.67. The van der Waals surface area contributed by atoms with Crippen LogP contribution in [0.2, 0.25) is 0 Å². The number of hydrogen-bond acceptors (Lipinski definition) is 1. The quantitative estimate of drug-likeness (QED) is 0.367. The molecular weight excluding hydrogens is 338 g/mol. The van der Waals surface area contributed by atoms with Gasteiger partial charge < -0.3 is 5.32 Å². The zero-order valence-electron chi connectivity index (χ0n) is 17.5. The van der Waals surface area contributed by atoms with Crippen molar-refractivity contribution in [3.63, 3.8) is 0 Å². The van der Waals surface area contributed by atoms with Crippen LogP contribution >= 0.6 is 0 Å². The molecule has 4 aromatic rings. The Labute approximate surface area is 168 Å². The van der Waals surface area contributed by atoms with Gasteiger partial charge in [-0.05, 0) is 47.2 Å². The van der Waals surface area contributed by atoms with E-state index in [0.717, 1.165) is 0 Å². The Balaban J connectivity index is 1.81. The van der Waals surface area contributed by atoms with E-state index in [2.05, 4.69) is 119 Å². The third-order valence-electron chi connectivity index (χ3n) is 5.68. The molecule has 0 radical (unpaired) electrons. The van der Waals surface area contributed by atoms with Gasteiger partial charge in [0.1, 0.15) is 0 Å². The van der Waals surface area contributed by atoms with E-state index in [-0.39, 0.29) is 11.0 Å². The third-order valence-corrected chi connectivity index (χ3v) is 5.68. The Morgan fingerprint density at radius 3 is 1.54 bits per heavy atom. The average Bonchev–Trinajstić information content (AvgIpc) is 2.67. The van der Waals surface area contributed by atoms with Crippen molar-refractivity contribution in [1.29, 1.82) is 0 Å². The SMILES string of the molecule is CC(C)(C)c1ccc(C(C)(C)Nc2c3ccccc3cc3ccccc23)cc1. The van der Waals surface area contributed by atoms with Crippen LogP contribution in [0.3, 0.4) is 0 Å². The first-order valence-electron chi connectivity index (χ1n) is 10.1. The van der Waals surface area contributed by atoms with E-state index in [1.54, 1.807) is 0 Å². The fraction of sp³-hybridized carbons (Fsp3) is 0.259. The summed E-state index contributed by atoms with van der Waals surface area (Å²) in [4.78, 5) is 0. The molecule has 0 saturated heterocycles. The summed E-state index contributed by atoms with van der Waals surface area (Å²) >= 11 is 0. The molecule has 0 aliphatic carbocycles. The number of hydrogen-bond donors (Lipinski definition) is 1. The van der Waals surface area contributed by atoms with E-state index in [1.807, 2.05) is 0 Å². The predicted molar refractivity (Wildman–Crippen MR) is 123 cm³/mol. The van der Waals surface area contributed by atoms with Gasteiger partial charge in [-0.15, -0.1) is 0 Å². The summed E-state index contributed by atoms with van der Waals surface area (Å²) in [6.45, 7) is 11.3. The van der Waals surface area contributed by atoms with Gasteiger partial charge in [-0.1, -0.05) is 93.6 Å². The minimum atomic E-state index is -0.191. The molecule has 0 bridgehead atoms. The van der Waals surface area contributed by atoms with Crippen LogP contribution in [0.1, 0.15) is 45.7 Å². The second-order valence-electron chi connectivity index (χ2n) is 9.27. The predicted octanol–water partition coefficient (Wildman–Crippen LogP) is 7.64. The summed E-state index contributed by atoms with van der Waals surface area (Å²) in [5, 5.41) is 8.94. The van der Waals surface area contributed by atoms with Gasteiger partial charge >= 0.3 is 0 Å². The molecule has 1 heteroatoms. The summed E-state index contributed by atoms with van der Waals surface area (Å²) in [5.74, 6) is 0. The maximum absolute atomic E-state index is 3.88. The first kappa shape index (κ1) is 18.6. The van der Waals surface area contributed by atoms with Gasteiger partial charge in [0.2, 0.25) is 0 Å². The van der Waals surface area contributed by atoms with Crippen LogP contribution in [0.4, 0.5) is 5.69 Å². The molecule has 0 aromatic heterocycles. The van der Waals surface area contributed by atoms with E-state index in [1.165, 1.54) is 38.4 Å². The molecule has 0 amide bonds. The zero-order chi connectivity index (χ0) is 19.9. The molecule has 28 heavy (non-hydrogen) atoms. The first-order chi connectivity index (χ1) is 13.3. The fourth-order valence-electron chi connectivity index (χ4n) is 3.92. The molecule has 4 aromatic carbocycles. The van der Waals surface area contributed by atoms with Crippen LogP contribution in [0.15, 0.2) is 78.9 Å². The average molecular weight is 368 g/mol. The highest BCUT2D eigenvalue weighted by Gasteiger charge is 2.23. The molecule has 0 spiro atoms. The van der Waals surface area contributed by atoms with Gasteiger partial charge in [0, 0.05) is 10.8 Å². The minimum Gasteiger partial charge on any atom is -0.375 e. The van der Waals surface area contributed by atoms with Crippen molar-refractivity contribution in [2.24, 2.45) is 0 Å². The smallest absolute Gasteiger partial charge is 0.0569 e. The summed E-state index contributed by atoms with van der Waals surface area (Å²) < 4.78 is 0. The normalized spacial score (nSPS) is 12.5. The molecule has 1 nitrogen and oxygen atoms in total. The Bertz CT molecular complexity index is 1070. The van der Waals surface area contributed by atoms with Gasteiger partial charge in [0.25, 0.3) is 0 Å². The number of fused-ring (bicyclic) bond motifs is 2. The van der Waals surface area contributed by atoms with Crippen LogP contribution in [0.25, 0.3) is 21.5 Å².